The summed E-state index contributed by atoms with van der Waals surface area (Å²) >= 11 is 0. The van der Waals surface area contributed by atoms with Crippen LogP contribution in [-0.4, -0.2) is 53.2 Å². The van der Waals surface area contributed by atoms with Crippen molar-refractivity contribution < 1.29 is 25.6 Å². The first-order valence-corrected chi connectivity index (χ1v) is 10.2. The van der Waals surface area contributed by atoms with E-state index >= 15 is 0 Å². The van der Waals surface area contributed by atoms with E-state index in [-0.39, 0.29) is 0 Å². The van der Waals surface area contributed by atoms with Gasteiger partial charge in [0.05, 0.1) is 13.1 Å². The average Bonchev–Trinajstić information content (AvgIpc) is 3.08. The second-order valence-corrected chi connectivity index (χ2v) is 9.08. The Morgan fingerprint density at radius 3 is 2.17 bits per heavy atom. The zero-order chi connectivity index (χ0) is 18.0. The Bertz CT molecular complexity index is 791. The van der Waals surface area contributed by atoms with Crippen LogP contribution in [0, 0.1) is 0 Å². The van der Waals surface area contributed by atoms with E-state index in [1.807, 2.05) is 0 Å². The highest BCUT2D eigenvalue weighted by molar-refractivity contribution is 7.92. The van der Waals surface area contributed by atoms with Gasteiger partial charge in [-0.1, -0.05) is 12.1 Å². The lowest BCUT2D eigenvalue weighted by molar-refractivity contribution is 0.0170. The van der Waals surface area contributed by atoms with E-state index in [0.717, 1.165) is 12.1 Å². The molecule has 0 amide bonds. The molecule has 0 aliphatic carbocycles. The topological polar surface area (TPSA) is 110 Å². The van der Waals surface area contributed by atoms with Crippen LogP contribution in [0.5, 0.6) is 0 Å². The molecule has 0 spiro atoms. The number of alkyl halides is 2. The minimum Gasteiger partial charge on any atom is -0.325 e. The van der Waals surface area contributed by atoms with Gasteiger partial charge in [0, 0.05) is 13.1 Å². The Balaban J connectivity index is 2.38. The lowest BCUT2D eigenvalue weighted by atomic mass is 10.3. The summed E-state index contributed by atoms with van der Waals surface area (Å²) in [6, 6.07) is 4.95. The molecule has 1 heterocycles. The van der Waals surface area contributed by atoms with Crippen molar-refractivity contribution in [2.75, 3.05) is 26.2 Å². The van der Waals surface area contributed by atoms with Gasteiger partial charge in [-0.2, -0.15) is 4.31 Å². The molecule has 11 heteroatoms. The maximum Gasteiger partial charge on any atom is 0.273 e. The molecule has 1 aromatic rings. The van der Waals surface area contributed by atoms with Crippen molar-refractivity contribution in [2.24, 2.45) is 5.73 Å². The Morgan fingerprint density at radius 1 is 1.08 bits per heavy atom. The number of sulfonamides is 2. The van der Waals surface area contributed by atoms with Gasteiger partial charge >= 0.3 is 0 Å². The first-order valence-electron chi connectivity index (χ1n) is 7.27. The first kappa shape index (κ1) is 19.2. The third kappa shape index (κ3) is 4.09. The number of nitrogens with one attached hydrogen (secondary N) is 1. The molecule has 0 unspecified atom stereocenters. The van der Waals surface area contributed by atoms with Crippen molar-refractivity contribution in [3.05, 3.63) is 24.3 Å². The van der Waals surface area contributed by atoms with E-state index < -0.39 is 48.8 Å². The van der Waals surface area contributed by atoms with Crippen LogP contribution in [0.3, 0.4) is 0 Å². The third-order valence-corrected chi connectivity index (χ3v) is 7.19. The summed E-state index contributed by atoms with van der Waals surface area (Å²) in [6.07, 6.45) is 1.38. The van der Waals surface area contributed by atoms with E-state index in [1.165, 1.54) is 16.4 Å². The van der Waals surface area contributed by atoms with Gasteiger partial charge < -0.3 is 5.73 Å². The first-order chi connectivity index (χ1) is 11.1. The monoisotopic (exact) mass is 383 g/mol. The van der Waals surface area contributed by atoms with E-state index in [9.17, 15) is 25.6 Å². The van der Waals surface area contributed by atoms with Crippen LogP contribution in [0.1, 0.15) is 12.8 Å². The Kier molecular flexibility index (Phi) is 5.60. The summed E-state index contributed by atoms with van der Waals surface area (Å²) in [7, 11) is -8.45. The number of hydrogen-bond acceptors (Lipinski definition) is 5. The maximum atomic E-state index is 13.2. The molecule has 7 nitrogen and oxygen atoms in total. The number of nitrogens with two attached hydrogens (primary N) is 1. The zero-order valence-corrected chi connectivity index (χ0v) is 14.4. The van der Waals surface area contributed by atoms with Crippen molar-refractivity contribution in [1.82, 2.24) is 9.03 Å². The fourth-order valence-corrected chi connectivity index (χ4v) is 5.69. The van der Waals surface area contributed by atoms with E-state index in [1.54, 1.807) is 4.72 Å². The van der Waals surface area contributed by atoms with E-state index in [4.69, 9.17) is 5.73 Å². The van der Waals surface area contributed by atoms with Gasteiger partial charge in [0.1, 0.15) is 9.79 Å². The maximum absolute atomic E-state index is 13.2. The fraction of sp³-hybridized carbons (Fsp3) is 0.538. The molecule has 1 aliphatic heterocycles. The molecule has 0 saturated carbocycles. The van der Waals surface area contributed by atoms with Gasteiger partial charge in [0.15, 0.2) is 0 Å². The number of rotatable bonds is 7. The third-order valence-electron chi connectivity index (χ3n) is 3.64. The van der Waals surface area contributed by atoms with Crippen LogP contribution >= 0.6 is 0 Å². The lowest BCUT2D eigenvalue weighted by Crippen LogP contribution is -2.42. The van der Waals surface area contributed by atoms with Gasteiger partial charge in [0.25, 0.3) is 5.92 Å². The van der Waals surface area contributed by atoms with Crippen molar-refractivity contribution in [1.29, 1.82) is 0 Å². The van der Waals surface area contributed by atoms with Gasteiger partial charge in [-0.3, -0.25) is 0 Å². The van der Waals surface area contributed by atoms with Crippen molar-refractivity contribution in [3.63, 3.8) is 0 Å². The minimum absolute atomic E-state index is 0.301. The smallest absolute Gasteiger partial charge is 0.273 e. The van der Waals surface area contributed by atoms with Gasteiger partial charge in [-0.15, -0.1) is 0 Å². The summed E-state index contributed by atoms with van der Waals surface area (Å²) in [5, 5.41) is 0. The molecule has 0 bridgehead atoms. The fourth-order valence-electron chi connectivity index (χ4n) is 2.30. The molecule has 0 radical (unpaired) electrons. The number of benzene rings is 1. The average molecular weight is 383 g/mol. The highest BCUT2D eigenvalue weighted by Gasteiger charge is 2.34. The van der Waals surface area contributed by atoms with Crippen LogP contribution in [0.15, 0.2) is 34.1 Å². The molecule has 136 valence electrons. The standard InChI is InChI=1S/C13H19F2N3O4S2/c14-13(15,9-16)10-17-23(19,20)11-5-1-2-6-12(11)24(21,22)18-7-3-4-8-18/h1-2,5-6,17H,3-4,7-10,16H2. The molecule has 1 fully saturated rings. The molecular formula is C13H19F2N3O4S2. The zero-order valence-electron chi connectivity index (χ0n) is 12.8. The summed E-state index contributed by atoms with van der Waals surface area (Å²) < 4.78 is 79.2. The summed E-state index contributed by atoms with van der Waals surface area (Å²) in [5.74, 6) is -3.42. The quantitative estimate of drug-likeness (QED) is 0.706. The second kappa shape index (κ2) is 7.00. The minimum atomic E-state index is -4.44. The molecule has 2 rings (SSSR count). The second-order valence-electron chi connectivity index (χ2n) is 5.44. The molecule has 0 atom stereocenters. The summed E-state index contributed by atoms with van der Waals surface area (Å²) in [6.45, 7) is -1.63. The van der Waals surface area contributed by atoms with Crippen LogP contribution < -0.4 is 10.5 Å². The van der Waals surface area contributed by atoms with Gasteiger partial charge in [-0.05, 0) is 25.0 Å². The predicted molar refractivity (Wildman–Crippen MR) is 83.6 cm³/mol. The van der Waals surface area contributed by atoms with Crippen molar-refractivity contribution in [2.45, 2.75) is 28.6 Å². The Hall–Kier alpha value is -1.14. The molecule has 1 saturated heterocycles. The summed E-state index contributed by atoms with van der Waals surface area (Å²) in [4.78, 5) is -0.972. The Labute approximate surface area is 139 Å². The van der Waals surface area contributed by atoms with Crippen LogP contribution in [-0.2, 0) is 20.0 Å². The number of hydrogen-bond donors (Lipinski definition) is 2. The van der Waals surface area contributed by atoms with Crippen LogP contribution in [0.25, 0.3) is 0 Å². The van der Waals surface area contributed by atoms with E-state index in [2.05, 4.69) is 0 Å². The van der Waals surface area contributed by atoms with Gasteiger partial charge in [-0.25, -0.2) is 30.3 Å². The van der Waals surface area contributed by atoms with Crippen LogP contribution in [0.2, 0.25) is 0 Å². The molecule has 3 N–H and O–H groups in total. The molecule has 1 aromatic carbocycles. The highest BCUT2D eigenvalue weighted by Crippen LogP contribution is 2.26. The highest BCUT2D eigenvalue weighted by atomic mass is 32.2. The van der Waals surface area contributed by atoms with Crippen molar-refractivity contribution >= 4 is 20.0 Å². The molecule has 1 aliphatic rings. The summed E-state index contributed by atoms with van der Waals surface area (Å²) in [5.41, 5.74) is 4.87. The normalized spacial score (nSPS) is 17.3. The largest absolute Gasteiger partial charge is 0.325 e. The number of halogens is 2. The molecular weight excluding hydrogens is 364 g/mol. The molecule has 0 aromatic heterocycles. The predicted octanol–water partition coefficient (Wildman–Crippen LogP) is 0.343. The molecule has 24 heavy (non-hydrogen) atoms. The van der Waals surface area contributed by atoms with Crippen LogP contribution in [0.4, 0.5) is 8.78 Å². The van der Waals surface area contributed by atoms with E-state index in [0.29, 0.717) is 25.9 Å². The lowest BCUT2D eigenvalue weighted by Gasteiger charge is -2.19. The number of nitrogens with zero attached hydrogens (tertiary/aromatic N) is 1. The van der Waals surface area contributed by atoms with Crippen molar-refractivity contribution in [3.8, 4) is 0 Å². The Morgan fingerprint density at radius 2 is 1.62 bits per heavy atom. The SMILES string of the molecule is NCC(F)(F)CNS(=O)(=O)c1ccccc1S(=O)(=O)N1CCCC1. The van der Waals surface area contributed by atoms with Gasteiger partial charge in [0.2, 0.25) is 20.0 Å².